The number of anilines is 1. The SMILES string of the molecule is Nc1cccc(-c2ccc(C(F)(F)F)cc2)c1C(F)(F)F. The van der Waals surface area contributed by atoms with Crippen LogP contribution in [-0.2, 0) is 12.4 Å². The molecule has 0 aromatic heterocycles. The zero-order valence-electron chi connectivity index (χ0n) is 10.4. The van der Waals surface area contributed by atoms with Crippen LogP contribution in [-0.4, -0.2) is 0 Å². The standard InChI is InChI=1S/C14H9F6N/c15-13(16,17)9-6-4-8(5-7-9)10-2-1-3-11(21)12(10)14(18,19)20/h1-7H,21H2. The molecule has 2 N–H and O–H groups in total. The lowest BCUT2D eigenvalue weighted by atomic mass is 9.97. The number of halogens is 6. The molecule has 1 nitrogen and oxygen atoms in total. The van der Waals surface area contributed by atoms with Crippen molar-refractivity contribution in [3.8, 4) is 11.1 Å². The minimum absolute atomic E-state index is 0.0163. The average molecular weight is 305 g/mol. The van der Waals surface area contributed by atoms with E-state index in [1.165, 1.54) is 12.1 Å². The van der Waals surface area contributed by atoms with Gasteiger partial charge in [0, 0.05) is 5.69 Å². The lowest BCUT2D eigenvalue weighted by Gasteiger charge is -2.16. The topological polar surface area (TPSA) is 26.0 Å². The largest absolute Gasteiger partial charge is 0.418 e. The van der Waals surface area contributed by atoms with Crippen LogP contribution in [0.25, 0.3) is 11.1 Å². The molecule has 2 aromatic carbocycles. The summed E-state index contributed by atoms with van der Waals surface area (Å²) in [6, 6.07) is 7.03. The Morgan fingerprint density at radius 1 is 0.714 bits per heavy atom. The Morgan fingerprint density at radius 2 is 1.29 bits per heavy atom. The molecule has 0 spiro atoms. The highest BCUT2D eigenvalue weighted by Gasteiger charge is 2.36. The molecule has 0 amide bonds. The first-order chi connectivity index (χ1) is 9.60. The number of nitrogens with two attached hydrogens (primary N) is 1. The summed E-state index contributed by atoms with van der Waals surface area (Å²) in [7, 11) is 0. The van der Waals surface area contributed by atoms with E-state index >= 15 is 0 Å². The number of hydrogen-bond donors (Lipinski definition) is 1. The van der Waals surface area contributed by atoms with Crippen molar-refractivity contribution in [3.05, 3.63) is 53.6 Å². The van der Waals surface area contributed by atoms with E-state index in [4.69, 9.17) is 5.73 Å². The van der Waals surface area contributed by atoms with Gasteiger partial charge < -0.3 is 5.73 Å². The van der Waals surface area contributed by atoms with Gasteiger partial charge in [0.1, 0.15) is 0 Å². The molecule has 0 aliphatic rings. The number of rotatable bonds is 1. The van der Waals surface area contributed by atoms with Crippen molar-refractivity contribution < 1.29 is 26.3 Å². The first-order valence-electron chi connectivity index (χ1n) is 5.74. The average Bonchev–Trinajstić information content (AvgIpc) is 2.36. The smallest absolute Gasteiger partial charge is 0.398 e. The molecule has 0 aliphatic heterocycles. The Labute approximate surface area is 116 Å². The highest BCUT2D eigenvalue weighted by Crippen LogP contribution is 2.41. The van der Waals surface area contributed by atoms with E-state index in [0.29, 0.717) is 0 Å². The van der Waals surface area contributed by atoms with Gasteiger partial charge in [0.15, 0.2) is 0 Å². The minimum Gasteiger partial charge on any atom is -0.398 e. The molecule has 0 radical (unpaired) electrons. The molecule has 0 saturated heterocycles. The molecule has 0 saturated carbocycles. The van der Waals surface area contributed by atoms with Crippen LogP contribution >= 0.6 is 0 Å². The van der Waals surface area contributed by atoms with Gasteiger partial charge in [-0.05, 0) is 29.3 Å². The molecule has 21 heavy (non-hydrogen) atoms. The van der Waals surface area contributed by atoms with Crippen molar-refractivity contribution in [1.29, 1.82) is 0 Å². The zero-order chi connectivity index (χ0) is 15.8. The third-order valence-corrected chi connectivity index (χ3v) is 2.90. The summed E-state index contributed by atoms with van der Waals surface area (Å²) in [5.74, 6) is 0. The second-order valence-corrected chi connectivity index (χ2v) is 4.34. The molecule has 0 heterocycles. The van der Waals surface area contributed by atoms with E-state index in [2.05, 4.69) is 0 Å². The summed E-state index contributed by atoms with van der Waals surface area (Å²) < 4.78 is 76.4. The molecule has 7 heteroatoms. The fraction of sp³-hybridized carbons (Fsp3) is 0.143. The quantitative estimate of drug-likeness (QED) is 0.584. The first-order valence-corrected chi connectivity index (χ1v) is 5.74. The number of alkyl halides is 6. The van der Waals surface area contributed by atoms with E-state index in [9.17, 15) is 26.3 Å². The minimum atomic E-state index is -4.69. The van der Waals surface area contributed by atoms with Gasteiger partial charge in [0.05, 0.1) is 11.1 Å². The molecule has 2 rings (SSSR count). The number of hydrogen-bond acceptors (Lipinski definition) is 1. The third-order valence-electron chi connectivity index (χ3n) is 2.90. The highest BCUT2D eigenvalue weighted by atomic mass is 19.4. The molecule has 0 atom stereocenters. The molecule has 0 aliphatic carbocycles. The highest BCUT2D eigenvalue weighted by molar-refractivity contribution is 5.74. The first kappa shape index (κ1) is 15.2. The molecule has 112 valence electrons. The van der Waals surface area contributed by atoms with Crippen molar-refractivity contribution in [2.45, 2.75) is 12.4 Å². The van der Waals surface area contributed by atoms with Crippen LogP contribution in [0.4, 0.5) is 32.0 Å². The fourth-order valence-corrected chi connectivity index (χ4v) is 1.97. The summed E-state index contributed by atoms with van der Waals surface area (Å²) in [5, 5.41) is 0. The van der Waals surface area contributed by atoms with Gasteiger partial charge in [-0.1, -0.05) is 24.3 Å². The van der Waals surface area contributed by atoms with Crippen LogP contribution in [0, 0.1) is 0 Å². The number of nitrogen functional groups attached to an aromatic ring is 1. The molecular formula is C14H9F6N. The van der Waals surface area contributed by atoms with Gasteiger partial charge in [0.25, 0.3) is 0 Å². The van der Waals surface area contributed by atoms with Crippen molar-refractivity contribution in [1.82, 2.24) is 0 Å². The van der Waals surface area contributed by atoms with Crippen LogP contribution in [0.15, 0.2) is 42.5 Å². The van der Waals surface area contributed by atoms with Crippen molar-refractivity contribution in [3.63, 3.8) is 0 Å². The van der Waals surface area contributed by atoms with E-state index in [1.54, 1.807) is 0 Å². The maximum atomic E-state index is 13.0. The molecule has 0 unspecified atom stereocenters. The third kappa shape index (κ3) is 3.12. The predicted octanol–water partition coefficient (Wildman–Crippen LogP) is 4.97. The Morgan fingerprint density at radius 3 is 1.76 bits per heavy atom. The summed E-state index contributed by atoms with van der Waals surface area (Å²) >= 11 is 0. The van der Waals surface area contributed by atoms with Gasteiger partial charge in [-0.2, -0.15) is 26.3 Å². The molecular weight excluding hydrogens is 296 g/mol. The van der Waals surface area contributed by atoms with E-state index in [0.717, 1.165) is 30.3 Å². The van der Waals surface area contributed by atoms with Gasteiger partial charge in [-0.25, -0.2) is 0 Å². The van der Waals surface area contributed by atoms with Crippen LogP contribution < -0.4 is 5.73 Å². The Kier molecular flexibility index (Phi) is 3.61. The summed E-state index contributed by atoms with van der Waals surface area (Å²) in [6.07, 6.45) is -9.23. The van der Waals surface area contributed by atoms with Crippen LogP contribution in [0.1, 0.15) is 11.1 Å². The Bertz CT molecular complexity index is 640. The van der Waals surface area contributed by atoms with E-state index in [1.807, 2.05) is 0 Å². The van der Waals surface area contributed by atoms with Crippen molar-refractivity contribution >= 4 is 5.69 Å². The second-order valence-electron chi connectivity index (χ2n) is 4.34. The van der Waals surface area contributed by atoms with E-state index in [-0.39, 0.29) is 11.1 Å². The van der Waals surface area contributed by atoms with Crippen LogP contribution in [0.5, 0.6) is 0 Å². The number of benzene rings is 2. The fourth-order valence-electron chi connectivity index (χ4n) is 1.97. The monoisotopic (exact) mass is 305 g/mol. The zero-order valence-corrected chi connectivity index (χ0v) is 10.4. The summed E-state index contributed by atoms with van der Waals surface area (Å²) in [6.45, 7) is 0. The maximum absolute atomic E-state index is 13.0. The van der Waals surface area contributed by atoms with Crippen LogP contribution in [0.3, 0.4) is 0 Å². The van der Waals surface area contributed by atoms with Gasteiger partial charge in [0.2, 0.25) is 0 Å². The summed E-state index contributed by atoms with van der Waals surface area (Å²) in [4.78, 5) is 0. The predicted molar refractivity (Wildman–Crippen MR) is 66.3 cm³/mol. The van der Waals surface area contributed by atoms with Gasteiger partial charge >= 0.3 is 12.4 Å². The van der Waals surface area contributed by atoms with Gasteiger partial charge in [-0.15, -0.1) is 0 Å². The normalized spacial score (nSPS) is 12.5. The maximum Gasteiger partial charge on any atom is 0.418 e. The van der Waals surface area contributed by atoms with Crippen molar-refractivity contribution in [2.24, 2.45) is 0 Å². The summed E-state index contributed by atoms with van der Waals surface area (Å²) in [5.41, 5.74) is 2.66. The van der Waals surface area contributed by atoms with E-state index < -0.39 is 29.2 Å². The second kappa shape index (κ2) is 4.98. The lowest BCUT2D eigenvalue weighted by Crippen LogP contribution is -2.11. The Hall–Kier alpha value is -2.18. The Balaban J connectivity index is 2.56. The van der Waals surface area contributed by atoms with Gasteiger partial charge in [-0.3, -0.25) is 0 Å². The van der Waals surface area contributed by atoms with Crippen LogP contribution in [0.2, 0.25) is 0 Å². The van der Waals surface area contributed by atoms with Crippen molar-refractivity contribution in [2.75, 3.05) is 5.73 Å². The molecule has 2 aromatic rings. The molecule has 0 bridgehead atoms. The lowest BCUT2D eigenvalue weighted by molar-refractivity contribution is -0.138. The molecule has 0 fully saturated rings.